The maximum atomic E-state index is 11.1. The van der Waals surface area contributed by atoms with Crippen LogP contribution in [0, 0.1) is 13.8 Å². The van der Waals surface area contributed by atoms with Gasteiger partial charge in [-0.1, -0.05) is 6.07 Å². The van der Waals surface area contributed by atoms with Gasteiger partial charge in [-0.15, -0.1) is 11.3 Å². The predicted molar refractivity (Wildman–Crippen MR) is 108 cm³/mol. The van der Waals surface area contributed by atoms with Gasteiger partial charge in [-0.3, -0.25) is 0 Å². The summed E-state index contributed by atoms with van der Waals surface area (Å²) in [4.78, 5) is 15.3. The molecule has 0 fully saturated rings. The number of nitrogens with zero attached hydrogens (tertiary/aromatic N) is 1. The van der Waals surface area contributed by atoms with Gasteiger partial charge in [0, 0.05) is 11.4 Å². The van der Waals surface area contributed by atoms with Crippen molar-refractivity contribution in [1.29, 1.82) is 0 Å². The molecule has 2 aromatic carbocycles. The van der Waals surface area contributed by atoms with Gasteiger partial charge >= 0.3 is 5.97 Å². The van der Waals surface area contributed by atoms with Crippen molar-refractivity contribution >= 4 is 17.3 Å². The van der Waals surface area contributed by atoms with Gasteiger partial charge in [0.05, 0.1) is 12.7 Å². The summed E-state index contributed by atoms with van der Waals surface area (Å²) >= 11 is 1.25. The van der Waals surface area contributed by atoms with Crippen molar-refractivity contribution in [1.82, 2.24) is 4.98 Å². The lowest BCUT2D eigenvalue weighted by atomic mass is 10.1. The minimum Gasteiger partial charge on any atom is -0.497 e. The minimum atomic E-state index is -1.06. The first-order chi connectivity index (χ1) is 13.5. The fourth-order valence-electron chi connectivity index (χ4n) is 2.54. The second-order valence-electron chi connectivity index (χ2n) is 6.15. The first-order valence-electron chi connectivity index (χ1n) is 8.68. The molecule has 28 heavy (non-hydrogen) atoms. The molecule has 0 saturated carbocycles. The molecule has 1 heterocycles. The zero-order valence-corrected chi connectivity index (χ0v) is 16.7. The van der Waals surface area contributed by atoms with E-state index in [9.17, 15) is 4.79 Å². The lowest BCUT2D eigenvalue weighted by Crippen LogP contribution is -2.09. The Hall–Kier alpha value is -3.06. The van der Waals surface area contributed by atoms with Crippen LogP contribution < -0.4 is 14.2 Å². The molecule has 1 aromatic heterocycles. The first-order valence-corrected chi connectivity index (χ1v) is 9.56. The Morgan fingerprint density at radius 3 is 2.46 bits per heavy atom. The van der Waals surface area contributed by atoms with Crippen molar-refractivity contribution in [3.63, 3.8) is 0 Å². The number of ether oxygens (including phenoxy) is 3. The molecule has 0 amide bonds. The largest absolute Gasteiger partial charge is 0.497 e. The lowest BCUT2D eigenvalue weighted by molar-refractivity contribution is 0.0691. The maximum absolute atomic E-state index is 11.1. The van der Waals surface area contributed by atoms with E-state index in [1.165, 1.54) is 27.8 Å². The third-order valence-corrected chi connectivity index (χ3v) is 5.11. The lowest BCUT2D eigenvalue weighted by Gasteiger charge is -2.13. The highest BCUT2D eigenvalue weighted by Crippen LogP contribution is 2.35. The Bertz CT molecular complexity index is 983. The molecule has 0 radical (unpaired) electrons. The Balaban J connectivity index is 1.70. The van der Waals surface area contributed by atoms with Crippen molar-refractivity contribution in [2.45, 2.75) is 13.8 Å². The fraction of sp³-hybridized carbons (Fsp3) is 0.238. The molecule has 0 atom stereocenters. The number of aromatic carboxylic acids is 1. The van der Waals surface area contributed by atoms with Crippen molar-refractivity contribution in [3.8, 4) is 27.8 Å². The molecule has 6 nitrogen and oxygen atoms in total. The zero-order valence-electron chi connectivity index (χ0n) is 15.9. The van der Waals surface area contributed by atoms with Crippen molar-refractivity contribution < 1.29 is 24.1 Å². The number of hydrogen-bond donors (Lipinski definition) is 1. The Morgan fingerprint density at radius 1 is 1.04 bits per heavy atom. The van der Waals surface area contributed by atoms with Crippen LogP contribution in [-0.4, -0.2) is 36.4 Å². The van der Waals surface area contributed by atoms with Crippen LogP contribution in [0.3, 0.4) is 0 Å². The highest BCUT2D eigenvalue weighted by Gasteiger charge is 2.15. The first kappa shape index (κ1) is 19.7. The molecule has 0 aliphatic rings. The Morgan fingerprint density at radius 2 is 1.79 bits per heavy atom. The highest BCUT2D eigenvalue weighted by molar-refractivity contribution is 7.13. The summed E-state index contributed by atoms with van der Waals surface area (Å²) in [5.74, 6) is 0.946. The molecule has 0 aliphatic heterocycles. The number of carboxylic acids is 1. The number of rotatable bonds is 8. The second-order valence-corrected chi connectivity index (χ2v) is 7.01. The van der Waals surface area contributed by atoms with Crippen molar-refractivity contribution in [2.75, 3.05) is 20.3 Å². The molecule has 0 saturated heterocycles. The molecular weight excluding hydrogens is 378 g/mol. The van der Waals surface area contributed by atoms with Crippen molar-refractivity contribution in [3.05, 3.63) is 58.6 Å². The topological polar surface area (TPSA) is 77.9 Å². The SMILES string of the molecule is COc1ccc(-c2nc(C(=O)O)cs2)c(OCCOc2ccc(C)c(C)c2)c1. The summed E-state index contributed by atoms with van der Waals surface area (Å²) in [6.45, 7) is 4.79. The summed E-state index contributed by atoms with van der Waals surface area (Å²) in [6.07, 6.45) is 0. The predicted octanol–water partition coefficient (Wildman–Crippen LogP) is 4.59. The third-order valence-electron chi connectivity index (χ3n) is 4.23. The van der Waals surface area contributed by atoms with Gasteiger partial charge in [-0.05, 0) is 49.2 Å². The number of carboxylic acid groups (broad SMARTS) is 1. The van der Waals surface area contributed by atoms with E-state index < -0.39 is 5.97 Å². The zero-order chi connectivity index (χ0) is 20.1. The number of hydrogen-bond acceptors (Lipinski definition) is 6. The summed E-state index contributed by atoms with van der Waals surface area (Å²) in [6, 6.07) is 11.3. The summed E-state index contributed by atoms with van der Waals surface area (Å²) in [5, 5.41) is 11.2. The minimum absolute atomic E-state index is 0.0137. The van der Waals surface area contributed by atoms with E-state index in [0.717, 1.165) is 5.75 Å². The molecule has 3 rings (SSSR count). The number of carbonyl (C=O) groups is 1. The summed E-state index contributed by atoms with van der Waals surface area (Å²) in [7, 11) is 1.58. The maximum Gasteiger partial charge on any atom is 0.355 e. The molecule has 3 aromatic rings. The van der Waals surface area contributed by atoms with Gasteiger partial charge in [0.25, 0.3) is 0 Å². The van der Waals surface area contributed by atoms with Gasteiger partial charge in [-0.2, -0.15) is 0 Å². The van der Waals surface area contributed by atoms with E-state index in [2.05, 4.69) is 11.9 Å². The molecule has 0 bridgehead atoms. The average Bonchev–Trinajstić information content (AvgIpc) is 3.18. The van der Waals surface area contributed by atoms with E-state index in [4.69, 9.17) is 19.3 Å². The fourth-order valence-corrected chi connectivity index (χ4v) is 3.36. The number of benzene rings is 2. The number of aromatic nitrogens is 1. The monoisotopic (exact) mass is 399 g/mol. The van der Waals surface area contributed by atoms with Crippen LogP contribution in [-0.2, 0) is 0 Å². The van der Waals surface area contributed by atoms with E-state index in [1.54, 1.807) is 19.2 Å². The summed E-state index contributed by atoms with van der Waals surface area (Å²) < 4.78 is 16.9. The van der Waals surface area contributed by atoms with Gasteiger partial charge < -0.3 is 19.3 Å². The van der Waals surface area contributed by atoms with E-state index >= 15 is 0 Å². The summed E-state index contributed by atoms with van der Waals surface area (Å²) in [5.41, 5.74) is 3.12. The molecule has 0 aliphatic carbocycles. The normalized spacial score (nSPS) is 10.5. The molecule has 7 heteroatoms. The van der Waals surface area contributed by atoms with E-state index in [1.807, 2.05) is 31.2 Å². The Labute approximate surface area is 167 Å². The van der Waals surface area contributed by atoms with Crippen LogP contribution in [0.4, 0.5) is 0 Å². The van der Waals surface area contributed by atoms with Crippen LogP contribution in [0.1, 0.15) is 21.6 Å². The van der Waals surface area contributed by atoms with E-state index in [-0.39, 0.29) is 5.69 Å². The average molecular weight is 399 g/mol. The number of thiazole rings is 1. The molecule has 1 N–H and O–H groups in total. The third kappa shape index (κ3) is 4.61. The standard InChI is InChI=1S/C21H21NO5S/c1-13-4-5-16(10-14(13)2)26-8-9-27-19-11-15(25-3)6-7-17(19)20-22-18(12-28-20)21(23)24/h4-7,10-12H,8-9H2,1-3H3,(H,23,24). The van der Waals surface area contributed by atoms with Crippen LogP contribution in [0.25, 0.3) is 10.6 Å². The molecular formula is C21H21NO5S. The number of aryl methyl sites for hydroxylation is 2. The van der Waals surface area contributed by atoms with E-state index in [0.29, 0.717) is 35.3 Å². The molecule has 0 unspecified atom stereocenters. The second kappa shape index (κ2) is 8.75. The van der Waals surface area contributed by atoms with Crippen LogP contribution in [0.5, 0.6) is 17.2 Å². The number of methoxy groups -OCH3 is 1. The quantitative estimate of drug-likeness (QED) is 0.558. The highest BCUT2D eigenvalue weighted by atomic mass is 32.1. The molecule has 0 spiro atoms. The van der Waals surface area contributed by atoms with Crippen molar-refractivity contribution in [2.24, 2.45) is 0 Å². The molecule has 146 valence electrons. The van der Waals surface area contributed by atoms with Crippen LogP contribution in [0.2, 0.25) is 0 Å². The smallest absolute Gasteiger partial charge is 0.355 e. The van der Waals surface area contributed by atoms with Gasteiger partial charge in [0.2, 0.25) is 0 Å². The van der Waals surface area contributed by atoms with Gasteiger partial charge in [-0.25, -0.2) is 9.78 Å². The van der Waals surface area contributed by atoms with Gasteiger partial charge in [0.15, 0.2) is 5.69 Å². The van der Waals surface area contributed by atoms with Crippen LogP contribution in [0.15, 0.2) is 41.8 Å². The van der Waals surface area contributed by atoms with Crippen LogP contribution >= 0.6 is 11.3 Å². The Kier molecular flexibility index (Phi) is 6.16. The van der Waals surface area contributed by atoms with Gasteiger partial charge in [0.1, 0.15) is 35.5 Å².